The number of hydrogen-bond acceptors (Lipinski definition) is 4. The first kappa shape index (κ1) is 13.6. The molecule has 2 amide bonds. The smallest absolute Gasteiger partial charge is 0.230 e. The molecule has 6 heteroatoms. The Morgan fingerprint density at radius 1 is 1.16 bits per heavy atom. The summed E-state index contributed by atoms with van der Waals surface area (Å²) in [6.45, 7) is 7.55. The quantitative estimate of drug-likeness (QED) is 0.782. The van der Waals surface area contributed by atoms with Crippen molar-refractivity contribution in [1.29, 1.82) is 0 Å². The van der Waals surface area contributed by atoms with E-state index in [9.17, 15) is 9.59 Å². The van der Waals surface area contributed by atoms with Crippen molar-refractivity contribution in [3.8, 4) is 0 Å². The van der Waals surface area contributed by atoms with Crippen molar-refractivity contribution in [2.24, 2.45) is 0 Å². The Balaban J connectivity index is 1.91. The number of piperazine rings is 1. The van der Waals surface area contributed by atoms with Crippen LogP contribution >= 0.6 is 0 Å². The average molecular weight is 265 g/mol. The summed E-state index contributed by atoms with van der Waals surface area (Å²) >= 11 is 0. The Hall–Kier alpha value is -1.85. The van der Waals surface area contributed by atoms with Crippen molar-refractivity contribution in [3.63, 3.8) is 0 Å². The molecule has 0 aromatic carbocycles. The third-order valence-electron chi connectivity index (χ3n) is 3.39. The van der Waals surface area contributed by atoms with Gasteiger partial charge in [0, 0.05) is 40.0 Å². The van der Waals surface area contributed by atoms with E-state index in [1.54, 1.807) is 23.6 Å². The van der Waals surface area contributed by atoms with Gasteiger partial charge in [0.15, 0.2) is 5.89 Å². The van der Waals surface area contributed by atoms with Gasteiger partial charge in [0.2, 0.25) is 11.8 Å². The zero-order chi connectivity index (χ0) is 14.0. The fourth-order valence-electron chi connectivity index (χ4n) is 2.26. The van der Waals surface area contributed by atoms with Crippen LogP contribution in [0.4, 0.5) is 0 Å². The number of oxazole rings is 1. The molecule has 0 atom stereocenters. The van der Waals surface area contributed by atoms with Crippen molar-refractivity contribution in [3.05, 3.63) is 17.3 Å². The summed E-state index contributed by atoms with van der Waals surface area (Å²) in [5.41, 5.74) is 0.772. The molecule has 0 bridgehead atoms. The van der Waals surface area contributed by atoms with Crippen LogP contribution in [0.25, 0.3) is 0 Å². The summed E-state index contributed by atoms with van der Waals surface area (Å²) in [7, 11) is 0. The molecule has 1 aromatic rings. The van der Waals surface area contributed by atoms with Crippen molar-refractivity contribution >= 4 is 11.8 Å². The minimum absolute atomic E-state index is 0.0300. The zero-order valence-corrected chi connectivity index (χ0v) is 11.6. The Morgan fingerprint density at radius 3 is 2.21 bits per heavy atom. The molecule has 1 saturated heterocycles. The number of rotatable bonds is 2. The number of carbonyl (C=O) groups excluding carboxylic acids is 2. The molecule has 104 valence electrons. The predicted molar refractivity (Wildman–Crippen MR) is 68.5 cm³/mol. The first-order valence-corrected chi connectivity index (χ1v) is 6.43. The first-order chi connectivity index (χ1) is 8.97. The van der Waals surface area contributed by atoms with Crippen LogP contribution in [0, 0.1) is 13.8 Å². The zero-order valence-electron chi connectivity index (χ0n) is 11.6. The van der Waals surface area contributed by atoms with E-state index in [1.807, 2.05) is 6.92 Å². The van der Waals surface area contributed by atoms with E-state index in [4.69, 9.17) is 4.42 Å². The number of amides is 2. The van der Waals surface area contributed by atoms with Gasteiger partial charge in [0.05, 0.1) is 12.1 Å². The van der Waals surface area contributed by atoms with Crippen molar-refractivity contribution in [2.75, 3.05) is 26.2 Å². The van der Waals surface area contributed by atoms with Crippen LogP contribution in [-0.4, -0.2) is 52.8 Å². The maximum absolute atomic E-state index is 12.1. The number of aryl methyl sites for hydroxylation is 2. The molecule has 1 aromatic heterocycles. The molecule has 1 aliphatic heterocycles. The van der Waals surface area contributed by atoms with Crippen molar-refractivity contribution in [1.82, 2.24) is 14.8 Å². The van der Waals surface area contributed by atoms with Gasteiger partial charge in [-0.05, 0) is 6.92 Å². The second-order valence-corrected chi connectivity index (χ2v) is 4.81. The van der Waals surface area contributed by atoms with Gasteiger partial charge >= 0.3 is 0 Å². The lowest BCUT2D eigenvalue weighted by Crippen LogP contribution is -2.50. The van der Waals surface area contributed by atoms with Gasteiger partial charge in [-0.25, -0.2) is 4.98 Å². The highest BCUT2D eigenvalue weighted by Crippen LogP contribution is 2.12. The first-order valence-electron chi connectivity index (χ1n) is 6.43. The molecule has 0 spiro atoms. The molecule has 0 aliphatic carbocycles. The SMILES string of the molecule is CC(=O)N1CCN(C(=O)Cc2oc(C)nc2C)CC1. The van der Waals surface area contributed by atoms with Gasteiger partial charge < -0.3 is 14.2 Å². The molecule has 0 radical (unpaired) electrons. The monoisotopic (exact) mass is 265 g/mol. The molecule has 1 aliphatic rings. The van der Waals surface area contributed by atoms with E-state index >= 15 is 0 Å². The number of aromatic nitrogens is 1. The molecular weight excluding hydrogens is 246 g/mol. The van der Waals surface area contributed by atoms with E-state index in [2.05, 4.69) is 4.98 Å². The highest BCUT2D eigenvalue weighted by molar-refractivity contribution is 5.79. The highest BCUT2D eigenvalue weighted by atomic mass is 16.4. The predicted octanol–water partition coefficient (Wildman–Crippen LogP) is 0.525. The van der Waals surface area contributed by atoms with Gasteiger partial charge in [0.1, 0.15) is 5.76 Å². The molecule has 0 N–H and O–H groups in total. The topological polar surface area (TPSA) is 66.7 Å². The van der Waals surface area contributed by atoms with E-state index in [0.717, 1.165) is 5.69 Å². The van der Waals surface area contributed by atoms with Crippen molar-refractivity contribution < 1.29 is 14.0 Å². The van der Waals surface area contributed by atoms with Crippen LogP contribution in [0.1, 0.15) is 24.3 Å². The minimum atomic E-state index is 0.0300. The molecule has 2 rings (SSSR count). The standard InChI is InChI=1S/C13H19N3O3/c1-9-12(19-10(2)14-9)8-13(18)16-6-4-15(5-7-16)11(3)17/h4-8H2,1-3H3. The van der Waals surface area contributed by atoms with Crippen LogP contribution in [-0.2, 0) is 16.0 Å². The molecule has 1 fully saturated rings. The van der Waals surface area contributed by atoms with E-state index in [-0.39, 0.29) is 18.2 Å². The maximum atomic E-state index is 12.1. The van der Waals surface area contributed by atoms with E-state index in [1.165, 1.54) is 0 Å². The molecule has 6 nitrogen and oxygen atoms in total. The normalized spacial score (nSPS) is 15.7. The van der Waals surface area contributed by atoms with Crippen LogP contribution in [0.2, 0.25) is 0 Å². The minimum Gasteiger partial charge on any atom is -0.445 e. The maximum Gasteiger partial charge on any atom is 0.230 e. The van der Waals surface area contributed by atoms with Crippen LogP contribution in [0.3, 0.4) is 0 Å². The molecule has 2 heterocycles. The van der Waals surface area contributed by atoms with Crippen LogP contribution in [0.15, 0.2) is 4.42 Å². The van der Waals surface area contributed by atoms with Gasteiger partial charge in [-0.1, -0.05) is 0 Å². The third kappa shape index (κ3) is 3.13. The Bertz CT molecular complexity index is 487. The lowest BCUT2D eigenvalue weighted by molar-refractivity contribution is -0.138. The van der Waals surface area contributed by atoms with Crippen LogP contribution < -0.4 is 0 Å². The Kier molecular flexibility index (Phi) is 3.87. The second-order valence-electron chi connectivity index (χ2n) is 4.81. The van der Waals surface area contributed by atoms with Crippen molar-refractivity contribution in [2.45, 2.75) is 27.2 Å². The molecule has 0 saturated carbocycles. The third-order valence-corrected chi connectivity index (χ3v) is 3.39. The number of hydrogen-bond donors (Lipinski definition) is 0. The Labute approximate surface area is 112 Å². The summed E-state index contributed by atoms with van der Waals surface area (Å²) in [5, 5.41) is 0. The number of nitrogens with zero attached hydrogens (tertiary/aromatic N) is 3. The van der Waals surface area contributed by atoms with E-state index in [0.29, 0.717) is 37.8 Å². The summed E-state index contributed by atoms with van der Waals surface area (Å²) in [4.78, 5) is 31.0. The summed E-state index contributed by atoms with van der Waals surface area (Å²) < 4.78 is 5.41. The van der Waals surface area contributed by atoms with Gasteiger partial charge in [0.25, 0.3) is 0 Å². The summed E-state index contributed by atoms with van der Waals surface area (Å²) in [6, 6.07) is 0. The number of carbonyl (C=O) groups is 2. The van der Waals surface area contributed by atoms with Gasteiger partial charge in [-0.2, -0.15) is 0 Å². The second kappa shape index (κ2) is 5.42. The fourth-order valence-corrected chi connectivity index (χ4v) is 2.26. The van der Waals surface area contributed by atoms with Crippen LogP contribution in [0.5, 0.6) is 0 Å². The van der Waals surface area contributed by atoms with Gasteiger partial charge in [-0.15, -0.1) is 0 Å². The summed E-state index contributed by atoms with van der Waals surface area (Å²) in [5.74, 6) is 1.31. The fraction of sp³-hybridized carbons (Fsp3) is 0.615. The lowest BCUT2D eigenvalue weighted by atomic mass is 10.2. The molecule has 0 unspecified atom stereocenters. The lowest BCUT2D eigenvalue weighted by Gasteiger charge is -2.34. The van der Waals surface area contributed by atoms with Gasteiger partial charge in [-0.3, -0.25) is 9.59 Å². The molecule has 19 heavy (non-hydrogen) atoms. The molecular formula is C13H19N3O3. The Morgan fingerprint density at radius 2 is 1.74 bits per heavy atom. The largest absolute Gasteiger partial charge is 0.445 e. The summed E-state index contributed by atoms with van der Waals surface area (Å²) in [6.07, 6.45) is 0.243. The average Bonchev–Trinajstić information content (AvgIpc) is 2.68. The van der Waals surface area contributed by atoms with E-state index < -0.39 is 0 Å². The highest BCUT2D eigenvalue weighted by Gasteiger charge is 2.23.